The molecule has 0 saturated heterocycles. The molecule has 0 amide bonds. The molecule has 0 atom stereocenters. The topological polar surface area (TPSA) is 48.4 Å². The molecule has 0 spiro atoms. The number of hydrogen-bond acceptors (Lipinski definition) is 5. The quantitative estimate of drug-likeness (QED) is 0.315. The van der Waals surface area contributed by atoms with E-state index in [1.165, 1.54) is 0 Å². The molecule has 4 nitrogen and oxygen atoms in total. The van der Waals surface area contributed by atoms with E-state index in [-0.39, 0.29) is 0 Å². The van der Waals surface area contributed by atoms with Gasteiger partial charge >= 0.3 is 5.97 Å². The third-order valence-corrected chi connectivity index (χ3v) is 5.36. The van der Waals surface area contributed by atoms with Gasteiger partial charge in [0.2, 0.25) is 0 Å². The Morgan fingerprint density at radius 1 is 1.00 bits per heavy atom. The average molecular weight is 389 g/mol. The van der Waals surface area contributed by atoms with Crippen molar-refractivity contribution in [3.63, 3.8) is 0 Å². The van der Waals surface area contributed by atoms with E-state index in [2.05, 4.69) is 11.1 Å². The molecule has 0 N–H and O–H groups in total. The molecular formula is C23H19NO3S. The molecule has 0 aliphatic rings. The molecule has 1 heterocycles. The summed E-state index contributed by atoms with van der Waals surface area (Å²) < 4.78 is 12.5. The van der Waals surface area contributed by atoms with Crippen LogP contribution in [0.4, 0.5) is 0 Å². The highest BCUT2D eigenvalue weighted by atomic mass is 32.1. The lowest BCUT2D eigenvalue weighted by Gasteiger charge is -2.12. The van der Waals surface area contributed by atoms with Crippen LogP contribution in [0.25, 0.3) is 20.8 Å². The van der Waals surface area contributed by atoms with Crippen LogP contribution in [0.5, 0.6) is 11.5 Å². The molecule has 0 radical (unpaired) electrons. The van der Waals surface area contributed by atoms with E-state index in [9.17, 15) is 4.79 Å². The van der Waals surface area contributed by atoms with Crippen molar-refractivity contribution in [3.8, 4) is 22.1 Å². The van der Waals surface area contributed by atoms with E-state index < -0.39 is 5.97 Å². The molecule has 0 aliphatic carbocycles. The first-order valence-electron chi connectivity index (χ1n) is 9.05. The maximum Gasteiger partial charge on any atom is 0.343 e. The first-order valence-corrected chi connectivity index (χ1v) is 9.87. The third-order valence-electron chi connectivity index (χ3n) is 4.27. The Balaban J connectivity index is 1.64. The van der Waals surface area contributed by atoms with Crippen molar-refractivity contribution in [2.45, 2.75) is 13.8 Å². The van der Waals surface area contributed by atoms with Gasteiger partial charge in [-0.25, -0.2) is 9.78 Å². The Morgan fingerprint density at radius 2 is 1.79 bits per heavy atom. The van der Waals surface area contributed by atoms with Gasteiger partial charge in [-0.3, -0.25) is 0 Å². The van der Waals surface area contributed by atoms with E-state index in [1.807, 2.05) is 56.3 Å². The van der Waals surface area contributed by atoms with Gasteiger partial charge in [-0.1, -0.05) is 29.8 Å². The number of carbonyl (C=O) groups excluding carboxylic acids is 1. The third kappa shape index (κ3) is 3.75. The Hall–Kier alpha value is -3.18. The van der Waals surface area contributed by atoms with Gasteiger partial charge in [-0.15, -0.1) is 11.3 Å². The van der Waals surface area contributed by atoms with Crippen LogP contribution in [-0.4, -0.2) is 17.6 Å². The summed E-state index contributed by atoms with van der Waals surface area (Å²) >= 11 is 1.62. The number of aromatic nitrogens is 1. The predicted octanol–water partition coefficient (Wildman–Crippen LogP) is 5.89. The molecular weight excluding hydrogens is 370 g/mol. The first-order chi connectivity index (χ1) is 13.6. The lowest BCUT2D eigenvalue weighted by atomic mass is 10.1. The van der Waals surface area contributed by atoms with Gasteiger partial charge in [0, 0.05) is 5.56 Å². The molecule has 3 aromatic carbocycles. The van der Waals surface area contributed by atoms with Crippen LogP contribution in [0.3, 0.4) is 0 Å². The van der Waals surface area contributed by atoms with E-state index in [0.717, 1.165) is 26.4 Å². The second kappa shape index (κ2) is 7.82. The molecule has 28 heavy (non-hydrogen) atoms. The largest absolute Gasteiger partial charge is 0.490 e. The van der Waals surface area contributed by atoms with E-state index in [4.69, 9.17) is 9.47 Å². The Labute approximate surface area is 167 Å². The standard InChI is InChI=1S/C23H19NO3S/c1-3-26-20-14-17(22-24-18-6-4-5-7-21(18)28-22)12-13-19(20)27-23(25)16-10-8-15(2)9-11-16/h4-14H,3H2,1-2H3. The Kier molecular flexibility index (Phi) is 5.08. The highest BCUT2D eigenvalue weighted by molar-refractivity contribution is 7.21. The number of hydrogen-bond donors (Lipinski definition) is 0. The van der Waals surface area contributed by atoms with E-state index >= 15 is 0 Å². The van der Waals surface area contributed by atoms with Crippen molar-refractivity contribution >= 4 is 27.5 Å². The van der Waals surface area contributed by atoms with Crippen molar-refractivity contribution in [1.82, 2.24) is 4.98 Å². The van der Waals surface area contributed by atoms with E-state index in [0.29, 0.717) is 23.7 Å². The van der Waals surface area contributed by atoms with Gasteiger partial charge in [0.05, 0.1) is 22.4 Å². The number of aryl methyl sites for hydroxylation is 1. The van der Waals surface area contributed by atoms with Crippen LogP contribution < -0.4 is 9.47 Å². The zero-order valence-corrected chi connectivity index (χ0v) is 16.5. The normalized spacial score (nSPS) is 10.8. The summed E-state index contributed by atoms with van der Waals surface area (Å²) in [6.07, 6.45) is 0. The summed E-state index contributed by atoms with van der Waals surface area (Å²) in [4.78, 5) is 17.2. The second-order valence-electron chi connectivity index (χ2n) is 6.34. The van der Waals surface area contributed by atoms with Crippen molar-refractivity contribution < 1.29 is 14.3 Å². The molecule has 1 aromatic heterocycles. The molecule has 4 aromatic rings. The molecule has 4 rings (SSSR count). The summed E-state index contributed by atoms with van der Waals surface area (Å²) in [5.74, 6) is 0.519. The Morgan fingerprint density at radius 3 is 2.54 bits per heavy atom. The smallest absolute Gasteiger partial charge is 0.343 e. The number of rotatable bonds is 5. The number of benzene rings is 3. The maximum atomic E-state index is 12.5. The fraction of sp³-hybridized carbons (Fsp3) is 0.130. The summed E-state index contributed by atoms with van der Waals surface area (Å²) in [5.41, 5.74) is 3.49. The van der Waals surface area contributed by atoms with Crippen LogP contribution >= 0.6 is 11.3 Å². The minimum atomic E-state index is -0.409. The van der Waals surface area contributed by atoms with Crippen LogP contribution in [0.2, 0.25) is 0 Å². The second-order valence-corrected chi connectivity index (χ2v) is 7.37. The molecule has 0 bridgehead atoms. The highest BCUT2D eigenvalue weighted by Gasteiger charge is 2.15. The zero-order chi connectivity index (χ0) is 19.5. The van der Waals surface area contributed by atoms with Gasteiger partial charge < -0.3 is 9.47 Å². The SMILES string of the molecule is CCOc1cc(-c2nc3ccccc3s2)ccc1OC(=O)c1ccc(C)cc1. The van der Waals surface area contributed by atoms with Gasteiger partial charge in [-0.05, 0) is 56.3 Å². The van der Waals surface area contributed by atoms with Crippen LogP contribution in [0, 0.1) is 6.92 Å². The lowest BCUT2D eigenvalue weighted by molar-refractivity contribution is 0.0728. The average Bonchev–Trinajstić information content (AvgIpc) is 3.14. The number of ether oxygens (including phenoxy) is 2. The monoisotopic (exact) mass is 389 g/mol. The zero-order valence-electron chi connectivity index (χ0n) is 15.6. The predicted molar refractivity (Wildman–Crippen MR) is 112 cm³/mol. The highest BCUT2D eigenvalue weighted by Crippen LogP contribution is 2.36. The minimum Gasteiger partial charge on any atom is -0.490 e. The van der Waals surface area contributed by atoms with Gasteiger partial charge in [0.1, 0.15) is 5.01 Å². The number of esters is 1. The summed E-state index contributed by atoms with van der Waals surface area (Å²) in [6, 6.07) is 20.9. The molecule has 5 heteroatoms. The number of nitrogens with zero attached hydrogens (tertiary/aromatic N) is 1. The number of thiazole rings is 1. The summed E-state index contributed by atoms with van der Waals surface area (Å²) in [7, 11) is 0. The first kappa shape index (κ1) is 18.2. The Bertz CT molecular complexity index is 1100. The summed E-state index contributed by atoms with van der Waals surface area (Å²) in [6.45, 7) is 4.34. The number of para-hydroxylation sites is 1. The lowest BCUT2D eigenvalue weighted by Crippen LogP contribution is -2.09. The van der Waals surface area contributed by atoms with Crippen LogP contribution in [-0.2, 0) is 0 Å². The van der Waals surface area contributed by atoms with Crippen molar-refractivity contribution in [3.05, 3.63) is 77.9 Å². The van der Waals surface area contributed by atoms with Gasteiger partial charge in [0.15, 0.2) is 11.5 Å². The molecule has 0 unspecified atom stereocenters. The van der Waals surface area contributed by atoms with Crippen LogP contribution in [0.15, 0.2) is 66.7 Å². The van der Waals surface area contributed by atoms with Crippen molar-refractivity contribution in [1.29, 1.82) is 0 Å². The van der Waals surface area contributed by atoms with Crippen LogP contribution in [0.1, 0.15) is 22.8 Å². The van der Waals surface area contributed by atoms with Gasteiger partial charge in [-0.2, -0.15) is 0 Å². The fourth-order valence-corrected chi connectivity index (χ4v) is 3.80. The molecule has 0 fully saturated rings. The molecule has 0 aliphatic heterocycles. The minimum absolute atomic E-state index is 0.400. The summed E-state index contributed by atoms with van der Waals surface area (Å²) in [5, 5.41) is 0.901. The fourth-order valence-electron chi connectivity index (χ4n) is 2.84. The van der Waals surface area contributed by atoms with E-state index in [1.54, 1.807) is 29.5 Å². The maximum absolute atomic E-state index is 12.5. The van der Waals surface area contributed by atoms with Crippen molar-refractivity contribution in [2.24, 2.45) is 0 Å². The number of carbonyl (C=O) groups is 1. The molecule has 140 valence electrons. The van der Waals surface area contributed by atoms with Crippen molar-refractivity contribution in [2.75, 3.05) is 6.61 Å². The number of fused-ring (bicyclic) bond motifs is 1. The van der Waals surface area contributed by atoms with Gasteiger partial charge in [0.25, 0.3) is 0 Å². The molecule has 0 saturated carbocycles.